The highest BCUT2D eigenvalue weighted by Gasteiger charge is 2.36. The van der Waals surface area contributed by atoms with E-state index in [9.17, 15) is 15.2 Å². The minimum Gasteiger partial charge on any atom is -0.393 e. The maximum atomic E-state index is 13.1. The van der Waals surface area contributed by atoms with E-state index in [4.69, 9.17) is 0 Å². The van der Waals surface area contributed by atoms with Crippen molar-refractivity contribution in [1.82, 2.24) is 9.55 Å². The van der Waals surface area contributed by atoms with E-state index >= 15 is 0 Å². The lowest BCUT2D eigenvalue weighted by Crippen LogP contribution is -2.28. The Morgan fingerprint density at radius 2 is 1.97 bits per heavy atom. The Balaban J connectivity index is 1.63. The molecule has 2 aliphatic carbocycles. The summed E-state index contributed by atoms with van der Waals surface area (Å²) in [4.78, 5) is 17.7. The minimum absolute atomic E-state index is 0.118. The number of rotatable bonds is 3. The largest absolute Gasteiger partial charge is 0.393 e. The number of aromatic nitrogens is 2. The van der Waals surface area contributed by atoms with Crippen molar-refractivity contribution in [3.63, 3.8) is 0 Å². The van der Waals surface area contributed by atoms with Crippen LogP contribution in [0.5, 0.6) is 0 Å². The number of carbonyl (C=O) groups is 1. The summed E-state index contributed by atoms with van der Waals surface area (Å²) in [6.45, 7) is 4.26. The molecule has 0 bridgehead atoms. The normalized spacial score (nSPS) is 22.4. The Kier molecular flexibility index (Phi) is 5.02. The van der Waals surface area contributed by atoms with Crippen LogP contribution >= 0.6 is 0 Å². The molecular formula is C26H28N4O2. The predicted octanol–water partition coefficient (Wildman–Crippen LogP) is 4.77. The molecule has 1 saturated carbocycles. The monoisotopic (exact) mass is 428 g/mol. The summed E-state index contributed by atoms with van der Waals surface area (Å²) >= 11 is 0. The van der Waals surface area contributed by atoms with Gasteiger partial charge in [0.25, 0.3) is 0 Å². The van der Waals surface area contributed by atoms with Crippen molar-refractivity contribution in [2.45, 2.75) is 64.5 Å². The van der Waals surface area contributed by atoms with Crippen molar-refractivity contribution in [2.75, 3.05) is 5.32 Å². The van der Waals surface area contributed by atoms with Crippen LogP contribution in [-0.4, -0.2) is 32.6 Å². The van der Waals surface area contributed by atoms with Crippen molar-refractivity contribution in [3.8, 4) is 11.8 Å². The van der Waals surface area contributed by atoms with Crippen molar-refractivity contribution < 1.29 is 9.90 Å². The number of ketones is 1. The molecule has 0 unspecified atom stereocenters. The van der Waals surface area contributed by atoms with Gasteiger partial charge in [-0.05, 0) is 67.9 Å². The van der Waals surface area contributed by atoms with Crippen LogP contribution in [0.15, 0.2) is 36.5 Å². The van der Waals surface area contributed by atoms with Gasteiger partial charge in [-0.15, -0.1) is 0 Å². The van der Waals surface area contributed by atoms with Crippen molar-refractivity contribution in [1.29, 1.82) is 5.26 Å². The molecule has 0 spiro atoms. The first-order valence-corrected chi connectivity index (χ1v) is 11.4. The van der Waals surface area contributed by atoms with E-state index in [1.807, 2.05) is 30.3 Å². The van der Waals surface area contributed by atoms with Gasteiger partial charge in [0.1, 0.15) is 11.7 Å². The van der Waals surface area contributed by atoms with Crippen molar-refractivity contribution >= 4 is 22.5 Å². The van der Waals surface area contributed by atoms with E-state index in [0.29, 0.717) is 12.0 Å². The summed E-state index contributed by atoms with van der Waals surface area (Å²) in [5, 5.41) is 23.9. The van der Waals surface area contributed by atoms with Gasteiger partial charge < -0.3 is 10.4 Å². The van der Waals surface area contributed by atoms with Crippen molar-refractivity contribution in [2.24, 2.45) is 5.41 Å². The van der Waals surface area contributed by atoms with Gasteiger partial charge in [0.2, 0.25) is 0 Å². The van der Waals surface area contributed by atoms with Crippen LogP contribution in [0.2, 0.25) is 0 Å². The van der Waals surface area contributed by atoms with Crippen LogP contribution in [0.4, 0.5) is 5.69 Å². The highest BCUT2D eigenvalue weighted by Crippen LogP contribution is 2.41. The van der Waals surface area contributed by atoms with Gasteiger partial charge in [-0.1, -0.05) is 13.8 Å². The van der Waals surface area contributed by atoms with Gasteiger partial charge in [-0.2, -0.15) is 5.26 Å². The van der Waals surface area contributed by atoms with E-state index in [-0.39, 0.29) is 23.3 Å². The average molecular weight is 429 g/mol. The average Bonchev–Trinajstić information content (AvgIpc) is 3.08. The molecule has 2 N–H and O–H groups in total. The smallest absolute Gasteiger partial charge is 0.165 e. The molecule has 6 nitrogen and oxygen atoms in total. The van der Waals surface area contributed by atoms with Gasteiger partial charge >= 0.3 is 0 Å². The van der Waals surface area contributed by atoms with Crippen LogP contribution < -0.4 is 5.32 Å². The molecule has 1 fully saturated rings. The number of benzene rings is 1. The second-order valence-electron chi connectivity index (χ2n) is 9.96. The molecule has 1 aromatic carbocycles. The second-order valence-corrected chi connectivity index (χ2v) is 9.96. The summed E-state index contributed by atoms with van der Waals surface area (Å²) < 4.78 is 2.10. The summed E-state index contributed by atoms with van der Waals surface area (Å²) in [6, 6.07) is 12.2. The summed E-state index contributed by atoms with van der Waals surface area (Å²) in [5.74, 6) is 0.167. The standard InChI is InChI=1S/C26H28N4O2/c1-26(2)13-22-24(23(32)14-26)20-4-3-11-28-25(20)30(22)18-8-5-16(15-27)21(12-18)29-17-6-9-19(31)10-7-17/h3-5,8,11-12,17,19,29,31H,6-7,9-10,13-14H2,1-2H3/t17-,19-. The summed E-state index contributed by atoms with van der Waals surface area (Å²) in [7, 11) is 0. The van der Waals surface area contributed by atoms with E-state index in [2.05, 4.69) is 34.8 Å². The quantitative estimate of drug-likeness (QED) is 0.627. The number of pyridine rings is 1. The molecule has 2 aliphatic rings. The Morgan fingerprint density at radius 3 is 2.72 bits per heavy atom. The first-order chi connectivity index (χ1) is 15.4. The number of anilines is 1. The number of nitriles is 1. The predicted molar refractivity (Wildman–Crippen MR) is 124 cm³/mol. The molecule has 2 aromatic heterocycles. The highest BCUT2D eigenvalue weighted by molar-refractivity contribution is 6.10. The number of hydrogen-bond donors (Lipinski definition) is 2. The van der Waals surface area contributed by atoms with Gasteiger partial charge in [-0.3, -0.25) is 9.36 Å². The molecular weight excluding hydrogens is 400 g/mol. The number of fused-ring (bicyclic) bond motifs is 3. The summed E-state index contributed by atoms with van der Waals surface area (Å²) in [6.07, 6.45) is 6.15. The Labute approximate surface area is 187 Å². The fourth-order valence-electron chi connectivity index (χ4n) is 5.29. The molecule has 2 heterocycles. The van der Waals surface area contributed by atoms with Crippen LogP contribution in [0.3, 0.4) is 0 Å². The molecule has 32 heavy (non-hydrogen) atoms. The maximum absolute atomic E-state index is 13.1. The molecule has 164 valence electrons. The molecule has 0 amide bonds. The minimum atomic E-state index is -0.223. The van der Waals surface area contributed by atoms with Crippen molar-refractivity contribution in [3.05, 3.63) is 53.3 Å². The van der Waals surface area contributed by atoms with Gasteiger partial charge in [0, 0.05) is 41.0 Å². The van der Waals surface area contributed by atoms with Crippen LogP contribution in [-0.2, 0) is 6.42 Å². The van der Waals surface area contributed by atoms with Gasteiger partial charge in [0.15, 0.2) is 5.78 Å². The highest BCUT2D eigenvalue weighted by atomic mass is 16.3. The van der Waals surface area contributed by atoms with Crippen LogP contribution in [0, 0.1) is 16.7 Å². The summed E-state index contributed by atoms with van der Waals surface area (Å²) in [5.41, 5.74) is 4.72. The lowest BCUT2D eigenvalue weighted by molar-refractivity contribution is 0.0912. The first-order valence-electron chi connectivity index (χ1n) is 11.4. The number of aliphatic hydroxyl groups is 1. The van der Waals surface area contributed by atoms with E-state index in [1.54, 1.807) is 6.20 Å². The second kappa shape index (κ2) is 7.75. The molecule has 0 atom stereocenters. The number of aliphatic hydroxyl groups excluding tert-OH is 1. The maximum Gasteiger partial charge on any atom is 0.165 e. The third-order valence-electron chi connectivity index (χ3n) is 6.83. The zero-order valence-corrected chi connectivity index (χ0v) is 18.6. The fourth-order valence-corrected chi connectivity index (χ4v) is 5.29. The van der Waals surface area contributed by atoms with E-state index in [0.717, 1.165) is 65.8 Å². The van der Waals surface area contributed by atoms with Crippen LogP contribution in [0.1, 0.15) is 67.6 Å². The zero-order valence-electron chi connectivity index (χ0n) is 18.6. The molecule has 0 saturated heterocycles. The third-order valence-corrected chi connectivity index (χ3v) is 6.83. The molecule has 3 aromatic rings. The van der Waals surface area contributed by atoms with Gasteiger partial charge in [-0.25, -0.2) is 4.98 Å². The fraction of sp³-hybridized carbons (Fsp3) is 0.423. The Morgan fingerprint density at radius 1 is 1.19 bits per heavy atom. The Hall–Kier alpha value is -3.17. The lowest BCUT2D eigenvalue weighted by atomic mass is 9.75. The number of nitrogens with one attached hydrogen (secondary N) is 1. The molecule has 6 heteroatoms. The number of Topliss-reactive ketones (excluding diaryl/α,β-unsaturated/α-hetero) is 1. The molecule has 0 aliphatic heterocycles. The Bertz CT molecular complexity index is 1240. The topological polar surface area (TPSA) is 90.9 Å². The van der Waals surface area contributed by atoms with E-state index < -0.39 is 0 Å². The number of carbonyl (C=O) groups excluding carboxylic acids is 1. The van der Waals surface area contributed by atoms with Gasteiger partial charge in [0.05, 0.1) is 17.4 Å². The number of hydrogen-bond acceptors (Lipinski definition) is 5. The third kappa shape index (κ3) is 3.57. The lowest BCUT2D eigenvalue weighted by Gasteiger charge is -2.30. The van der Waals surface area contributed by atoms with E-state index in [1.165, 1.54) is 0 Å². The van der Waals surface area contributed by atoms with Crippen LogP contribution in [0.25, 0.3) is 16.7 Å². The SMILES string of the molecule is CC1(C)CC(=O)c2c(n(-c3ccc(C#N)c(N[C@H]4CC[C@H](O)CC4)c3)c3ncccc23)C1. The molecule has 5 rings (SSSR count). The first kappa shape index (κ1) is 20.7. The number of nitrogens with zero attached hydrogens (tertiary/aromatic N) is 3. The molecule has 0 radical (unpaired) electrons. The zero-order chi connectivity index (χ0) is 22.5.